The molecule has 24 heavy (non-hydrogen) atoms. The van der Waals surface area contributed by atoms with Crippen LogP contribution in [0.25, 0.3) is 12.2 Å². The van der Waals surface area contributed by atoms with Gasteiger partial charge >= 0.3 is 0 Å². The van der Waals surface area contributed by atoms with Crippen molar-refractivity contribution in [2.75, 3.05) is 34.1 Å². The summed E-state index contributed by atoms with van der Waals surface area (Å²) in [6, 6.07) is 14.1. The van der Waals surface area contributed by atoms with Crippen LogP contribution < -0.4 is 9.47 Å². The number of rotatable bonds is 9. The molecule has 0 aromatic heterocycles. The van der Waals surface area contributed by atoms with Gasteiger partial charge in [-0.3, -0.25) is 0 Å². The SMILES string of the molecule is COCOc1cc(/C=C/c2ccc(SC)cc2)cc(OCOC)c1. The van der Waals surface area contributed by atoms with Gasteiger partial charge in [0.05, 0.1) is 0 Å². The second-order valence-corrected chi connectivity index (χ2v) is 5.83. The molecule has 0 N–H and O–H groups in total. The van der Waals surface area contributed by atoms with Crippen LogP contribution in [0.2, 0.25) is 0 Å². The topological polar surface area (TPSA) is 36.9 Å². The Labute approximate surface area is 147 Å². The maximum Gasteiger partial charge on any atom is 0.188 e. The highest BCUT2D eigenvalue weighted by Crippen LogP contribution is 2.25. The van der Waals surface area contributed by atoms with E-state index in [1.54, 1.807) is 26.0 Å². The first-order chi connectivity index (χ1) is 11.7. The maximum atomic E-state index is 5.52. The van der Waals surface area contributed by atoms with E-state index in [0.29, 0.717) is 11.5 Å². The number of methoxy groups -OCH3 is 2. The molecule has 0 fully saturated rings. The van der Waals surface area contributed by atoms with E-state index in [4.69, 9.17) is 18.9 Å². The largest absolute Gasteiger partial charge is 0.467 e. The molecule has 0 aliphatic carbocycles. The molecule has 5 heteroatoms. The third-order valence-electron chi connectivity index (χ3n) is 3.17. The van der Waals surface area contributed by atoms with Crippen LogP contribution in [0.15, 0.2) is 47.4 Å². The molecular weight excluding hydrogens is 324 g/mol. The lowest BCUT2D eigenvalue weighted by Crippen LogP contribution is -2.02. The molecule has 0 amide bonds. The predicted octanol–water partition coefficient (Wildman–Crippen LogP) is 4.54. The van der Waals surface area contributed by atoms with Gasteiger partial charge in [-0.1, -0.05) is 24.3 Å². The third kappa shape index (κ3) is 5.92. The second kappa shape index (κ2) is 10.0. The summed E-state index contributed by atoms with van der Waals surface area (Å²) < 4.78 is 20.9. The normalized spacial score (nSPS) is 11.0. The van der Waals surface area contributed by atoms with Gasteiger partial charge in [-0.15, -0.1) is 11.8 Å². The second-order valence-electron chi connectivity index (χ2n) is 4.95. The Morgan fingerprint density at radius 1 is 0.792 bits per heavy atom. The Morgan fingerprint density at radius 3 is 1.83 bits per heavy atom. The van der Waals surface area contributed by atoms with Crippen molar-refractivity contribution in [3.8, 4) is 11.5 Å². The molecule has 0 saturated heterocycles. The van der Waals surface area contributed by atoms with Crippen molar-refractivity contribution in [2.45, 2.75) is 4.90 Å². The van der Waals surface area contributed by atoms with Gasteiger partial charge < -0.3 is 18.9 Å². The first-order valence-electron chi connectivity index (χ1n) is 7.46. The minimum Gasteiger partial charge on any atom is -0.467 e. The van der Waals surface area contributed by atoms with Crippen molar-refractivity contribution in [2.24, 2.45) is 0 Å². The first-order valence-corrected chi connectivity index (χ1v) is 8.68. The average molecular weight is 346 g/mol. The molecule has 0 heterocycles. The van der Waals surface area contributed by atoms with E-state index in [9.17, 15) is 0 Å². The van der Waals surface area contributed by atoms with Gasteiger partial charge in [0, 0.05) is 25.2 Å². The third-order valence-corrected chi connectivity index (χ3v) is 3.92. The van der Waals surface area contributed by atoms with Crippen LogP contribution in [0.1, 0.15) is 11.1 Å². The summed E-state index contributed by atoms with van der Waals surface area (Å²) in [6.07, 6.45) is 6.14. The van der Waals surface area contributed by atoms with Gasteiger partial charge in [-0.05, 0) is 41.6 Å². The molecule has 0 radical (unpaired) electrons. The van der Waals surface area contributed by atoms with Crippen molar-refractivity contribution >= 4 is 23.9 Å². The van der Waals surface area contributed by atoms with Gasteiger partial charge in [0.2, 0.25) is 0 Å². The molecule has 2 aromatic rings. The summed E-state index contributed by atoms with van der Waals surface area (Å²) in [5.41, 5.74) is 2.11. The molecule has 128 valence electrons. The van der Waals surface area contributed by atoms with E-state index in [1.165, 1.54) is 4.90 Å². The van der Waals surface area contributed by atoms with Crippen molar-refractivity contribution in [3.63, 3.8) is 0 Å². The van der Waals surface area contributed by atoms with Gasteiger partial charge in [-0.25, -0.2) is 0 Å². The summed E-state index contributed by atoms with van der Waals surface area (Å²) in [7, 11) is 3.18. The Kier molecular flexibility index (Phi) is 7.68. The zero-order chi connectivity index (χ0) is 17.2. The summed E-state index contributed by atoms with van der Waals surface area (Å²) in [4.78, 5) is 1.25. The summed E-state index contributed by atoms with van der Waals surface area (Å²) in [5, 5.41) is 0. The Morgan fingerprint density at radius 2 is 1.33 bits per heavy atom. The quantitative estimate of drug-likeness (QED) is 0.378. The minimum atomic E-state index is 0.188. The van der Waals surface area contributed by atoms with E-state index >= 15 is 0 Å². The zero-order valence-electron chi connectivity index (χ0n) is 14.2. The molecule has 0 aliphatic rings. The number of benzene rings is 2. The summed E-state index contributed by atoms with van der Waals surface area (Å²) in [5.74, 6) is 1.37. The van der Waals surface area contributed by atoms with Gasteiger partial charge in [0.1, 0.15) is 11.5 Å². The molecule has 0 unspecified atom stereocenters. The average Bonchev–Trinajstić information content (AvgIpc) is 2.63. The van der Waals surface area contributed by atoms with Crippen LogP contribution in [0.5, 0.6) is 11.5 Å². The highest BCUT2D eigenvalue weighted by Gasteiger charge is 2.02. The maximum absolute atomic E-state index is 5.52. The number of hydrogen-bond donors (Lipinski definition) is 0. The summed E-state index contributed by atoms with van der Waals surface area (Å²) >= 11 is 1.73. The lowest BCUT2D eigenvalue weighted by atomic mass is 10.1. The van der Waals surface area contributed by atoms with Crippen LogP contribution >= 0.6 is 11.8 Å². The lowest BCUT2D eigenvalue weighted by Gasteiger charge is -2.10. The van der Waals surface area contributed by atoms with Gasteiger partial charge in [0.25, 0.3) is 0 Å². The number of thioether (sulfide) groups is 1. The van der Waals surface area contributed by atoms with Crippen molar-refractivity contribution in [3.05, 3.63) is 53.6 Å². The molecular formula is C19H22O4S. The molecule has 0 saturated carbocycles. The summed E-state index contributed by atoms with van der Waals surface area (Å²) in [6.45, 7) is 0.375. The van der Waals surface area contributed by atoms with Gasteiger partial charge in [-0.2, -0.15) is 0 Å². The fourth-order valence-corrected chi connectivity index (χ4v) is 2.43. The molecule has 4 nitrogen and oxygen atoms in total. The van der Waals surface area contributed by atoms with Crippen molar-refractivity contribution in [1.29, 1.82) is 0 Å². The smallest absolute Gasteiger partial charge is 0.188 e. The monoisotopic (exact) mass is 346 g/mol. The van der Waals surface area contributed by atoms with Crippen LogP contribution in [0, 0.1) is 0 Å². The molecule has 0 aliphatic heterocycles. The van der Waals surface area contributed by atoms with E-state index in [2.05, 4.69) is 36.6 Å². The first kappa shape index (κ1) is 18.4. The number of ether oxygens (including phenoxy) is 4. The van der Waals surface area contributed by atoms with Crippen LogP contribution in [0.4, 0.5) is 0 Å². The van der Waals surface area contributed by atoms with Gasteiger partial charge in [0.15, 0.2) is 13.6 Å². The molecule has 2 aromatic carbocycles. The zero-order valence-corrected chi connectivity index (χ0v) is 15.0. The van der Waals surface area contributed by atoms with Crippen LogP contribution in [0.3, 0.4) is 0 Å². The molecule has 2 rings (SSSR count). The van der Waals surface area contributed by atoms with E-state index in [-0.39, 0.29) is 13.6 Å². The van der Waals surface area contributed by atoms with Crippen molar-refractivity contribution < 1.29 is 18.9 Å². The van der Waals surface area contributed by atoms with Crippen molar-refractivity contribution in [1.82, 2.24) is 0 Å². The molecule has 0 spiro atoms. The van der Waals surface area contributed by atoms with E-state index in [0.717, 1.165) is 11.1 Å². The fraction of sp³-hybridized carbons (Fsp3) is 0.263. The minimum absolute atomic E-state index is 0.188. The molecule has 0 bridgehead atoms. The molecule has 0 atom stereocenters. The number of hydrogen-bond acceptors (Lipinski definition) is 5. The fourth-order valence-electron chi connectivity index (χ4n) is 2.02. The Hall–Kier alpha value is -1.95. The van der Waals surface area contributed by atoms with Crippen LogP contribution in [-0.4, -0.2) is 34.1 Å². The standard InChI is InChI=1S/C19H22O4S/c1-20-13-22-17-10-16(11-18(12-17)23-14-21-2)5-4-15-6-8-19(24-3)9-7-15/h4-12H,13-14H2,1-3H3/b5-4+. The van der Waals surface area contributed by atoms with E-state index < -0.39 is 0 Å². The highest BCUT2D eigenvalue weighted by atomic mass is 32.2. The predicted molar refractivity (Wildman–Crippen MR) is 98.6 cm³/mol. The lowest BCUT2D eigenvalue weighted by molar-refractivity contribution is 0.0460. The highest BCUT2D eigenvalue weighted by molar-refractivity contribution is 7.98. The van der Waals surface area contributed by atoms with Crippen LogP contribution in [-0.2, 0) is 9.47 Å². The Balaban J connectivity index is 2.17. The Bertz CT molecular complexity index is 627. The van der Waals surface area contributed by atoms with E-state index in [1.807, 2.05) is 24.3 Å².